The molecule has 0 radical (unpaired) electrons. The zero-order valence-electron chi connectivity index (χ0n) is 11.4. The Bertz CT molecular complexity index is 595. The van der Waals surface area contributed by atoms with E-state index in [0.717, 1.165) is 12.8 Å². The summed E-state index contributed by atoms with van der Waals surface area (Å²) >= 11 is 1.42. The van der Waals surface area contributed by atoms with Crippen molar-refractivity contribution in [1.82, 2.24) is 9.97 Å². The Hall–Kier alpha value is -1.10. The van der Waals surface area contributed by atoms with Gasteiger partial charge in [0.25, 0.3) is 5.56 Å². The van der Waals surface area contributed by atoms with E-state index in [2.05, 4.69) is 30.7 Å². The predicted octanol–water partition coefficient (Wildman–Crippen LogP) is 2.26. The van der Waals surface area contributed by atoms with Crippen LogP contribution in [-0.4, -0.2) is 21.0 Å². The molecule has 0 aromatic carbocycles. The fourth-order valence-corrected chi connectivity index (χ4v) is 5.17. The van der Waals surface area contributed by atoms with Crippen molar-refractivity contribution in [2.75, 3.05) is 0 Å². The van der Waals surface area contributed by atoms with Gasteiger partial charge in [0.1, 0.15) is 5.78 Å². The van der Waals surface area contributed by atoms with E-state index in [4.69, 9.17) is 0 Å². The van der Waals surface area contributed by atoms with Crippen LogP contribution in [0.1, 0.15) is 33.6 Å². The van der Waals surface area contributed by atoms with Gasteiger partial charge in [-0.2, -0.15) is 0 Å². The zero-order valence-corrected chi connectivity index (χ0v) is 12.2. The lowest BCUT2D eigenvalue weighted by atomic mass is 9.71. The number of Topliss-reactive ketones (excluding diaryl/α,β-unsaturated/α-hetero) is 1. The van der Waals surface area contributed by atoms with Gasteiger partial charge in [0.15, 0.2) is 5.16 Å². The first-order valence-electron chi connectivity index (χ1n) is 6.62. The normalized spacial score (nSPS) is 35.8. The molecule has 2 saturated carbocycles. The topological polar surface area (TPSA) is 62.8 Å². The molecule has 2 aliphatic carbocycles. The Morgan fingerprint density at radius 3 is 2.68 bits per heavy atom. The smallest absolute Gasteiger partial charge is 0.251 e. The van der Waals surface area contributed by atoms with Crippen molar-refractivity contribution in [2.45, 2.75) is 44.0 Å². The van der Waals surface area contributed by atoms with Crippen LogP contribution in [0, 0.1) is 16.7 Å². The summed E-state index contributed by atoms with van der Waals surface area (Å²) in [5, 5.41) is 0.460. The van der Waals surface area contributed by atoms with Gasteiger partial charge in [-0.25, -0.2) is 4.98 Å². The minimum absolute atomic E-state index is 0.00613. The highest BCUT2D eigenvalue weighted by atomic mass is 32.2. The van der Waals surface area contributed by atoms with Gasteiger partial charge in [0, 0.05) is 18.2 Å². The van der Waals surface area contributed by atoms with Gasteiger partial charge in [-0.15, -0.1) is 0 Å². The molecule has 1 aromatic heterocycles. The highest BCUT2D eigenvalue weighted by Crippen LogP contribution is 2.66. The number of hydrogen-bond acceptors (Lipinski definition) is 4. The van der Waals surface area contributed by atoms with Gasteiger partial charge in [-0.05, 0) is 23.7 Å². The Morgan fingerprint density at radius 2 is 2.11 bits per heavy atom. The Labute approximate surface area is 116 Å². The molecule has 102 valence electrons. The molecule has 3 rings (SSSR count). The fourth-order valence-electron chi connectivity index (χ4n) is 3.70. The molecule has 3 atom stereocenters. The summed E-state index contributed by atoms with van der Waals surface area (Å²) in [4.78, 5) is 30.7. The molecule has 4 nitrogen and oxygen atoms in total. The maximum atomic E-state index is 12.5. The van der Waals surface area contributed by atoms with Crippen LogP contribution < -0.4 is 5.56 Å². The minimum Gasteiger partial charge on any atom is -0.301 e. The van der Waals surface area contributed by atoms with Crippen molar-refractivity contribution in [1.29, 1.82) is 0 Å². The van der Waals surface area contributed by atoms with Crippen LogP contribution in [0.4, 0.5) is 0 Å². The maximum Gasteiger partial charge on any atom is 0.251 e. The van der Waals surface area contributed by atoms with Crippen molar-refractivity contribution in [2.24, 2.45) is 16.7 Å². The molecule has 0 spiro atoms. The van der Waals surface area contributed by atoms with Crippen molar-refractivity contribution >= 4 is 17.5 Å². The minimum atomic E-state index is -0.169. The third-order valence-corrected chi connectivity index (χ3v) is 6.77. The average molecular weight is 278 g/mol. The molecule has 19 heavy (non-hydrogen) atoms. The Balaban J connectivity index is 1.95. The number of rotatable bonds is 2. The number of thioether (sulfide) groups is 1. The highest BCUT2D eigenvalue weighted by molar-refractivity contribution is 8.00. The molecular weight excluding hydrogens is 260 g/mol. The molecule has 1 heterocycles. The summed E-state index contributed by atoms with van der Waals surface area (Å²) in [7, 11) is 0. The van der Waals surface area contributed by atoms with Gasteiger partial charge in [-0.1, -0.05) is 32.5 Å². The van der Waals surface area contributed by atoms with Crippen LogP contribution in [0.2, 0.25) is 0 Å². The Morgan fingerprint density at radius 1 is 1.37 bits per heavy atom. The predicted molar refractivity (Wildman–Crippen MR) is 74.1 cm³/mol. The second kappa shape index (κ2) is 3.95. The summed E-state index contributed by atoms with van der Waals surface area (Å²) in [6.07, 6.45) is 3.57. The monoisotopic (exact) mass is 278 g/mol. The third kappa shape index (κ3) is 1.64. The second-order valence-electron chi connectivity index (χ2n) is 6.37. The lowest BCUT2D eigenvalue weighted by Crippen LogP contribution is -2.36. The molecular formula is C14H18N2O2S. The van der Waals surface area contributed by atoms with E-state index in [1.165, 1.54) is 24.0 Å². The molecule has 2 bridgehead atoms. The maximum absolute atomic E-state index is 12.5. The zero-order chi connectivity index (χ0) is 13.8. The van der Waals surface area contributed by atoms with Crippen LogP contribution in [0.15, 0.2) is 22.2 Å². The van der Waals surface area contributed by atoms with E-state index in [0.29, 0.717) is 10.9 Å². The van der Waals surface area contributed by atoms with E-state index in [-0.39, 0.29) is 27.6 Å². The molecule has 0 saturated heterocycles. The number of nitrogens with one attached hydrogen (secondary N) is 1. The van der Waals surface area contributed by atoms with Crippen LogP contribution in [0.5, 0.6) is 0 Å². The van der Waals surface area contributed by atoms with E-state index >= 15 is 0 Å². The first kappa shape index (κ1) is 12.9. The van der Waals surface area contributed by atoms with Crippen molar-refractivity contribution < 1.29 is 4.79 Å². The number of hydrogen-bond donors (Lipinski definition) is 1. The average Bonchev–Trinajstić information content (AvgIpc) is 2.63. The second-order valence-corrected chi connectivity index (χ2v) is 7.46. The molecule has 5 heteroatoms. The molecule has 1 N–H and O–H groups in total. The molecule has 2 fully saturated rings. The third-order valence-electron chi connectivity index (χ3n) is 5.35. The summed E-state index contributed by atoms with van der Waals surface area (Å²) in [5.41, 5.74) is -0.137. The van der Waals surface area contributed by atoms with E-state index in [1.807, 2.05) is 0 Å². The molecule has 2 aliphatic rings. The van der Waals surface area contributed by atoms with Crippen LogP contribution in [-0.2, 0) is 4.79 Å². The number of nitrogens with zero attached hydrogens (tertiary/aromatic N) is 1. The van der Waals surface area contributed by atoms with Gasteiger partial charge in [0.05, 0.1) is 5.25 Å². The summed E-state index contributed by atoms with van der Waals surface area (Å²) in [6, 6.07) is 1.39. The van der Waals surface area contributed by atoms with Gasteiger partial charge < -0.3 is 4.98 Å². The lowest BCUT2D eigenvalue weighted by Gasteiger charge is -2.37. The van der Waals surface area contributed by atoms with E-state index in [9.17, 15) is 9.59 Å². The largest absolute Gasteiger partial charge is 0.301 e. The summed E-state index contributed by atoms with van der Waals surface area (Å²) in [6.45, 7) is 6.60. The standard InChI is InChI=1S/C14H18N2O2S/c1-13(2)8-4-6-14(13,3)11(10(8)18)19-12-15-7-5-9(17)16-12/h5,7-8,11H,4,6H2,1-3H3,(H,15,16,17)/t8-,11-,14-/m1/s1. The van der Waals surface area contributed by atoms with E-state index < -0.39 is 0 Å². The van der Waals surface area contributed by atoms with Gasteiger partial charge in [-0.3, -0.25) is 9.59 Å². The van der Waals surface area contributed by atoms with Crippen molar-refractivity contribution in [3.8, 4) is 0 Å². The number of fused-ring (bicyclic) bond motifs is 2. The number of carbonyl (C=O) groups is 1. The molecule has 0 aliphatic heterocycles. The number of aromatic amines is 1. The van der Waals surface area contributed by atoms with Crippen LogP contribution >= 0.6 is 11.8 Å². The summed E-state index contributed by atoms with van der Waals surface area (Å²) < 4.78 is 0. The number of carbonyl (C=O) groups excluding carboxylic acids is 1. The molecule has 0 amide bonds. The molecule has 0 unspecified atom stereocenters. The Kier molecular flexibility index (Phi) is 2.68. The van der Waals surface area contributed by atoms with Crippen molar-refractivity contribution in [3.63, 3.8) is 0 Å². The number of H-pyrrole nitrogens is 1. The summed E-state index contributed by atoms with van der Waals surface area (Å²) in [5.74, 6) is 0.487. The fraction of sp³-hybridized carbons (Fsp3) is 0.643. The number of ketones is 1. The first-order chi connectivity index (χ1) is 8.86. The highest BCUT2D eigenvalue weighted by Gasteiger charge is 2.66. The van der Waals surface area contributed by atoms with E-state index in [1.54, 1.807) is 0 Å². The van der Waals surface area contributed by atoms with Crippen molar-refractivity contribution in [3.05, 3.63) is 22.6 Å². The molecule has 1 aromatic rings. The first-order valence-corrected chi connectivity index (χ1v) is 7.50. The van der Waals surface area contributed by atoms with Crippen LogP contribution in [0.25, 0.3) is 0 Å². The number of aromatic nitrogens is 2. The van der Waals surface area contributed by atoms with Gasteiger partial charge >= 0.3 is 0 Å². The van der Waals surface area contributed by atoms with Gasteiger partial charge in [0.2, 0.25) is 0 Å². The SMILES string of the molecule is CC1(C)[C@@H]2CC[C@]1(C)[C@H](Sc1nccc(=O)[nH]1)C2=O. The quantitative estimate of drug-likeness (QED) is 0.843. The van der Waals surface area contributed by atoms with Crippen LogP contribution in [0.3, 0.4) is 0 Å². The lowest BCUT2D eigenvalue weighted by molar-refractivity contribution is -0.122.